The number of hydrogen-bond acceptors (Lipinski definition) is 7. The van der Waals surface area contributed by atoms with Crippen LogP contribution < -0.4 is 0 Å². The lowest BCUT2D eigenvalue weighted by Crippen LogP contribution is -2.65. The van der Waals surface area contributed by atoms with Crippen LogP contribution in [0.1, 0.15) is 171 Å². The molecule has 0 N–H and O–H groups in total. The summed E-state index contributed by atoms with van der Waals surface area (Å²) in [5, 5.41) is 2.09. The van der Waals surface area contributed by atoms with E-state index in [0.717, 1.165) is 64.2 Å². The minimum Gasteiger partial charge on any atom is -0.462 e. The van der Waals surface area contributed by atoms with Crippen LogP contribution in [0.4, 0.5) is 0 Å². The molecule has 44 heavy (non-hydrogen) atoms. The number of carbonyl (C=O) groups excluding carboxylic acids is 2. The summed E-state index contributed by atoms with van der Waals surface area (Å²) in [7, 11) is 2.17. The normalized spacial score (nSPS) is 23.4. The minimum atomic E-state index is -0.430. The van der Waals surface area contributed by atoms with Crippen LogP contribution in [0.3, 0.4) is 0 Å². The molecule has 0 saturated carbocycles. The summed E-state index contributed by atoms with van der Waals surface area (Å²) in [4.78, 5) is 34.0. The van der Waals surface area contributed by atoms with Gasteiger partial charge in [-0.3, -0.25) is 19.3 Å². The minimum absolute atomic E-state index is 0.00700. The van der Waals surface area contributed by atoms with E-state index in [1.807, 2.05) is 0 Å². The van der Waals surface area contributed by atoms with Crippen LogP contribution in [0.15, 0.2) is 0 Å². The SMILES string of the molecule is CCCCCCCCON1C(C)(C)C[CH]C(OC(=O)CCCCCCCCC(=O)OC2CC(C)(C)N(C)C(C)(C)C2)C1(C)C. The van der Waals surface area contributed by atoms with Gasteiger partial charge in [0.15, 0.2) is 0 Å². The van der Waals surface area contributed by atoms with Crippen molar-refractivity contribution in [3.8, 4) is 0 Å². The molecule has 7 nitrogen and oxygen atoms in total. The van der Waals surface area contributed by atoms with Gasteiger partial charge in [0.2, 0.25) is 0 Å². The topological polar surface area (TPSA) is 68.3 Å². The van der Waals surface area contributed by atoms with Gasteiger partial charge in [0, 0.05) is 48.7 Å². The first-order valence-electron chi connectivity index (χ1n) is 17.9. The standard InChI is InChI=1S/C37H69N2O5/c1-11-12-13-14-19-22-27-42-39-34(2,3)26-25-31(37(39,8)9)44-33(41)24-21-18-16-15-17-20-23-32(40)43-30-28-35(4,5)38(10)36(6,7)29-30/h25,30-31H,11-24,26-29H2,1-10H3. The maximum absolute atomic E-state index is 12.8. The van der Waals surface area contributed by atoms with Gasteiger partial charge < -0.3 is 9.47 Å². The smallest absolute Gasteiger partial charge is 0.306 e. The fraction of sp³-hybridized carbons (Fsp3) is 0.919. The first kappa shape index (κ1) is 39.0. The molecule has 2 aliphatic rings. The predicted molar refractivity (Wildman–Crippen MR) is 180 cm³/mol. The molecular formula is C37H69N2O5. The maximum Gasteiger partial charge on any atom is 0.306 e. The Kier molecular flexibility index (Phi) is 15.7. The number of piperidine rings is 2. The van der Waals surface area contributed by atoms with E-state index in [9.17, 15) is 9.59 Å². The van der Waals surface area contributed by atoms with Crippen molar-refractivity contribution in [2.45, 2.75) is 206 Å². The molecule has 257 valence electrons. The van der Waals surface area contributed by atoms with Crippen LogP contribution in [-0.4, -0.2) is 69.9 Å². The monoisotopic (exact) mass is 622 g/mol. The predicted octanol–water partition coefficient (Wildman–Crippen LogP) is 8.97. The van der Waals surface area contributed by atoms with Crippen molar-refractivity contribution in [3.05, 3.63) is 6.42 Å². The Morgan fingerprint density at radius 2 is 1.16 bits per heavy atom. The van der Waals surface area contributed by atoms with E-state index in [-0.39, 0.29) is 40.8 Å². The van der Waals surface area contributed by atoms with Crippen LogP contribution in [-0.2, 0) is 23.9 Å². The first-order valence-corrected chi connectivity index (χ1v) is 17.9. The van der Waals surface area contributed by atoms with Crippen LogP contribution in [0.25, 0.3) is 0 Å². The molecule has 0 bridgehead atoms. The Hall–Kier alpha value is -1.18. The van der Waals surface area contributed by atoms with Crippen molar-refractivity contribution in [2.75, 3.05) is 13.7 Å². The van der Waals surface area contributed by atoms with Crippen molar-refractivity contribution < 1.29 is 23.9 Å². The molecule has 0 spiro atoms. The molecule has 2 rings (SSSR count). The highest BCUT2D eigenvalue weighted by Gasteiger charge is 2.50. The van der Waals surface area contributed by atoms with Gasteiger partial charge in [-0.2, -0.15) is 5.06 Å². The van der Waals surface area contributed by atoms with Crippen molar-refractivity contribution in [1.82, 2.24) is 9.96 Å². The average molecular weight is 622 g/mol. The summed E-state index contributed by atoms with van der Waals surface area (Å²) in [6.45, 7) is 20.5. The highest BCUT2D eigenvalue weighted by atomic mass is 16.7. The van der Waals surface area contributed by atoms with Gasteiger partial charge in [-0.15, -0.1) is 0 Å². The fourth-order valence-corrected chi connectivity index (χ4v) is 7.29. The molecule has 2 aliphatic heterocycles. The Morgan fingerprint density at radius 1 is 0.682 bits per heavy atom. The molecule has 2 fully saturated rings. The van der Waals surface area contributed by atoms with E-state index < -0.39 is 5.54 Å². The summed E-state index contributed by atoms with van der Waals surface area (Å²) >= 11 is 0. The molecule has 1 atom stereocenters. The first-order chi connectivity index (χ1) is 20.5. The third-order valence-electron chi connectivity index (χ3n) is 10.2. The molecule has 1 radical (unpaired) electrons. The molecule has 1 unspecified atom stereocenters. The van der Waals surface area contributed by atoms with Crippen molar-refractivity contribution in [1.29, 1.82) is 0 Å². The van der Waals surface area contributed by atoms with Crippen LogP contribution in [0, 0.1) is 6.42 Å². The van der Waals surface area contributed by atoms with Crippen LogP contribution >= 0.6 is 0 Å². The van der Waals surface area contributed by atoms with Crippen molar-refractivity contribution >= 4 is 11.9 Å². The molecule has 0 aliphatic carbocycles. The second kappa shape index (κ2) is 17.7. The molecule has 0 aromatic rings. The number of likely N-dealkylation sites (tertiary alicyclic amines) is 1. The number of carbonyl (C=O) groups is 2. The van der Waals surface area contributed by atoms with E-state index in [0.29, 0.717) is 19.4 Å². The van der Waals surface area contributed by atoms with Gasteiger partial charge in [0.1, 0.15) is 12.2 Å². The van der Waals surface area contributed by atoms with Crippen molar-refractivity contribution in [2.24, 2.45) is 0 Å². The zero-order chi connectivity index (χ0) is 33.0. The summed E-state index contributed by atoms with van der Waals surface area (Å²) < 4.78 is 11.9. The van der Waals surface area contributed by atoms with Gasteiger partial charge in [-0.25, -0.2) is 0 Å². The number of rotatable bonds is 19. The average Bonchev–Trinajstić information content (AvgIpc) is 2.91. The lowest BCUT2D eigenvalue weighted by molar-refractivity contribution is -0.295. The van der Waals surface area contributed by atoms with E-state index in [1.165, 1.54) is 32.1 Å². The van der Waals surface area contributed by atoms with E-state index >= 15 is 0 Å². The maximum atomic E-state index is 12.8. The third-order valence-corrected chi connectivity index (χ3v) is 10.2. The van der Waals surface area contributed by atoms with Gasteiger partial charge in [-0.05, 0) is 88.1 Å². The summed E-state index contributed by atoms with van der Waals surface area (Å²) in [6.07, 6.45) is 18.6. The Morgan fingerprint density at radius 3 is 1.70 bits per heavy atom. The van der Waals surface area contributed by atoms with E-state index in [2.05, 4.69) is 85.7 Å². The fourth-order valence-electron chi connectivity index (χ4n) is 7.29. The van der Waals surface area contributed by atoms with Gasteiger partial charge in [0.25, 0.3) is 0 Å². The Labute approximate surface area is 271 Å². The number of nitrogens with zero attached hydrogens (tertiary/aromatic N) is 2. The Balaban J connectivity index is 1.60. The summed E-state index contributed by atoms with van der Waals surface area (Å²) in [5.74, 6) is -0.191. The highest BCUT2D eigenvalue weighted by Crippen LogP contribution is 2.40. The molecule has 2 saturated heterocycles. The number of hydrogen-bond donors (Lipinski definition) is 0. The molecule has 0 amide bonds. The van der Waals surface area contributed by atoms with Gasteiger partial charge in [-0.1, -0.05) is 64.7 Å². The Bertz CT molecular complexity index is 850. The van der Waals surface area contributed by atoms with E-state index in [4.69, 9.17) is 14.3 Å². The second-order valence-electron chi connectivity index (χ2n) is 16.0. The number of unbranched alkanes of at least 4 members (excludes halogenated alkanes) is 10. The number of ether oxygens (including phenoxy) is 2. The molecule has 7 heteroatoms. The van der Waals surface area contributed by atoms with Crippen molar-refractivity contribution in [3.63, 3.8) is 0 Å². The molecule has 0 aromatic heterocycles. The van der Waals surface area contributed by atoms with Gasteiger partial charge >= 0.3 is 11.9 Å². The lowest BCUT2D eigenvalue weighted by atomic mass is 9.79. The molecule has 2 heterocycles. The van der Waals surface area contributed by atoms with Gasteiger partial charge in [0.05, 0.1) is 12.1 Å². The summed E-state index contributed by atoms with van der Waals surface area (Å²) in [5.41, 5.74) is -0.544. The number of hydroxylamine groups is 2. The zero-order valence-electron chi connectivity index (χ0n) is 30.4. The zero-order valence-corrected chi connectivity index (χ0v) is 30.4. The van der Waals surface area contributed by atoms with Crippen LogP contribution in [0.2, 0.25) is 0 Å². The number of esters is 2. The second-order valence-corrected chi connectivity index (χ2v) is 16.0. The molecule has 0 aromatic carbocycles. The quantitative estimate of drug-likeness (QED) is 0.105. The summed E-state index contributed by atoms with van der Waals surface area (Å²) in [6, 6.07) is 0. The van der Waals surface area contributed by atoms with E-state index in [1.54, 1.807) is 0 Å². The highest BCUT2D eigenvalue weighted by molar-refractivity contribution is 5.70. The molecular weight excluding hydrogens is 552 g/mol. The van der Waals surface area contributed by atoms with Crippen LogP contribution in [0.5, 0.6) is 0 Å². The largest absolute Gasteiger partial charge is 0.462 e. The lowest BCUT2D eigenvalue weighted by Gasteiger charge is -2.54. The third kappa shape index (κ3) is 12.2.